The van der Waals surface area contributed by atoms with Crippen LogP contribution < -0.4 is 0 Å². The average Bonchev–Trinajstić information content (AvgIpc) is 2.50. The van der Waals surface area contributed by atoms with Gasteiger partial charge in [0.1, 0.15) is 0 Å². The summed E-state index contributed by atoms with van der Waals surface area (Å²) in [6, 6.07) is 0. The second-order valence-corrected chi connectivity index (χ2v) is 9.56. The third-order valence-corrected chi connectivity index (χ3v) is 7.97. The predicted molar refractivity (Wildman–Crippen MR) is 102 cm³/mol. The molecule has 0 aliphatic carbocycles. The Bertz CT molecular complexity index is 383. The van der Waals surface area contributed by atoms with E-state index in [0.717, 1.165) is 0 Å². The second-order valence-electron chi connectivity index (χ2n) is 3.17. The first-order valence-corrected chi connectivity index (χ1v) is 10.7. The van der Waals surface area contributed by atoms with Gasteiger partial charge in [0, 0.05) is 15.9 Å². The van der Waals surface area contributed by atoms with Gasteiger partial charge in [-0.25, -0.2) is 0 Å². The topological polar surface area (TPSA) is 51.2 Å². The summed E-state index contributed by atoms with van der Waals surface area (Å²) in [5.74, 6) is 0.603. The van der Waals surface area contributed by atoms with Crippen LogP contribution in [0.15, 0.2) is 38.0 Å². The summed E-state index contributed by atoms with van der Waals surface area (Å²) in [5, 5.41) is 0.956. The maximum Gasteiger partial charge on any atom is 0.212 e. The van der Waals surface area contributed by atoms with Gasteiger partial charge < -0.3 is 0 Å². The third kappa shape index (κ3) is 12.2. The zero-order valence-corrected chi connectivity index (χ0v) is 15.4. The normalized spacial score (nSPS) is 10.1. The number of hydrogen-bond donors (Lipinski definition) is 0. The van der Waals surface area contributed by atoms with E-state index in [9.17, 15) is 14.4 Å². The molecule has 0 aliphatic rings. The van der Waals surface area contributed by atoms with Crippen molar-refractivity contribution in [2.45, 2.75) is 4.58 Å². The lowest BCUT2D eigenvalue weighted by molar-refractivity contribution is -0.107. The Balaban J connectivity index is 4.18. The Hall–Kier alpha value is -0.0200. The van der Waals surface area contributed by atoms with Crippen molar-refractivity contribution >= 4 is 74.2 Å². The quantitative estimate of drug-likeness (QED) is 0.393. The van der Waals surface area contributed by atoms with E-state index < -0.39 is 0 Å². The van der Waals surface area contributed by atoms with E-state index in [-0.39, 0.29) is 19.9 Å². The molecular weight excluding hydrogens is 364 g/mol. The Labute approximate surface area is 146 Å². The maximum absolute atomic E-state index is 11.3. The lowest BCUT2D eigenvalue weighted by Crippen LogP contribution is -2.05. The standard InChI is InChI=1S/C13H16O3S5/c1-4-10(14)17-7-13(20-8-18-11(15)5-2)21-9-19-12(16)6-3/h4-6,13H,1-3,7-9H2. The zero-order chi connectivity index (χ0) is 16.1. The molecule has 0 N–H and O–H groups in total. The molecular formula is C13H16O3S5. The summed E-state index contributed by atoms with van der Waals surface area (Å²) in [6.45, 7) is 10.3. The van der Waals surface area contributed by atoms with Crippen molar-refractivity contribution in [1.29, 1.82) is 0 Å². The molecule has 0 spiro atoms. The molecule has 0 heterocycles. The highest BCUT2D eigenvalue weighted by Crippen LogP contribution is 2.32. The van der Waals surface area contributed by atoms with Gasteiger partial charge in [0.15, 0.2) is 0 Å². The molecule has 0 fully saturated rings. The molecule has 0 saturated carbocycles. The fraction of sp³-hybridized carbons (Fsp3) is 0.308. The van der Waals surface area contributed by atoms with Gasteiger partial charge in [0.25, 0.3) is 0 Å². The molecule has 116 valence electrons. The van der Waals surface area contributed by atoms with E-state index >= 15 is 0 Å². The Morgan fingerprint density at radius 1 is 0.762 bits per heavy atom. The molecule has 0 aromatic rings. The summed E-state index contributed by atoms with van der Waals surface area (Å²) in [6.07, 6.45) is 3.84. The smallest absolute Gasteiger partial charge is 0.212 e. The molecule has 0 aliphatic heterocycles. The van der Waals surface area contributed by atoms with Crippen LogP contribution in [0.1, 0.15) is 0 Å². The van der Waals surface area contributed by atoms with Crippen LogP contribution in [-0.4, -0.2) is 35.9 Å². The van der Waals surface area contributed by atoms with Crippen LogP contribution >= 0.6 is 58.8 Å². The van der Waals surface area contributed by atoms with Crippen LogP contribution in [-0.2, 0) is 14.4 Å². The highest BCUT2D eigenvalue weighted by molar-refractivity contribution is 8.32. The first-order chi connectivity index (χ1) is 10.0. The first-order valence-electron chi connectivity index (χ1n) is 5.64. The van der Waals surface area contributed by atoms with E-state index in [0.29, 0.717) is 15.9 Å². The molecule has 0 bridgehead atoms. The van der Waals surface area contributed by atoms with Gasteiger partial charge in [-0.05, 0) is 18.2 Å². The molecule has 21 heavy (non-hydrogen) atoms. The van der Waals surface area contributed by atoms with Crippen molar-refractivity contribution in [3.05, 3.63) is 38.0 Å². The second kappa shape index (κ2) is 13.6. The minimum Gasteiger partial charge on any atom is -0.282 e. The van der Waals surface area contributed by atoms with E-state index in [1.54, 1.807) is 23.5 Å². The molecule has 3 nitrogen and oxygen atoms in total. The van der Waals surface area contributed by atoms with Gasteiger partial charge in [-0.15, -0.1) is 23.5 Å². The van der Waals surface area contributed by atoms with Crippen molar-refractivity contribution in [3.63, 3.8) is 0 Å². The highest BCUT2D eigenvalue weighted by atomic mass is 32.2. The van der Waals surface area contributed by atoms with E-state index in [1.807, 2.05) is 0 Å². The van der Waals surface area contributed by atoms with Crippen molar-refractivity contribution in [1.82, 2.24) is 0 Å². The summed E-state index contributed by atoms with van der Waals surface area (Å²) >= 11 is 6.69. The van der Waals surface area contributed by atoms with E-state index in [2.05, 4.69) is 19.7 Å². The molecule has 0 saturated heterocycles. The maximum atomic E-state index is 11.3. The Morgan fingerprint density at radius 3 is 1.52 bits per heavy atom. The van der Waals surface area contributed by atoms with Crippen LogP contribution in [0.3, 0.4) is 0 Å². The summed E-state index contributed by atoms with van der Waals surface area (Å²) in [5.41, 5.74) is 0. The van der Waals surface area contributed by atoms with Gasteiger partial charge in [-0.2, -0.15) is 0 Å². The average molecular weight is 381 g/mol. The number of carbonyl (C=O) groups is 3. The van der Waals surface area contributed by atoms with Crippen LogP contribution in [0.5, 0.6) is 0 Å². The van der Waals surface area contributed by atoms with E-state index in [4.69, 9.17) is 0 Å². The minimum atomic E-state index is -0.0779. The largest absolute Gasteiger partial charge is 0.282 e. The van der Waals surface area contributed by atoms with Gasteiger partial charge in [0.2, 0.25) is 15.3 Å². The lowest BCUT2D eigenvalue weighted by Gasteiger charge is -2.14. The monoisotopic (exact) mass is 380 g/mol. The zero-order valence-electron chi connectivity index (χ0n) is 11.3. The number of hydrogen-bond acceptors (Lipinski definition) is 8. The molecule has 0 aromatic heterocycles. The molecule has 0 unspecified atom stereocenters. The Kier molecular flexibility index (Phi) is 13.6. The molecule has 0 radical (unpaired) electrons. The van der Waals surface area contributed by atoms with Crippen LogP contribution in [0, 0.1) is 0 Å². The lowest BCUT2D eigenvalue weighted by atomic mass is 10.7. The van der Waals surface area contributed by atoms with Gasteiger partial charge in [0.05, 0.1) is 4.58 Å². The fourth-order valence-electron chi connectivity index (χ4n) is 0.807. The number of carbonyl (C=O) groups excluding carboxylic acids is 3. The highest BCUT2D eigenvalue weighted by Gasteiger charge is 2.13. The van der Waals surface area contributed by atoms with Crippen LogP contribution in [0.25, 0.3) is 0 Å². The van der Waals surface area contributed by atoms with Crippen molar-refractivity contribution in [2.75, 3.05) is 15.9 Å². The SMILES string of the molecule is C=CC(=O)SCSC(CSC(=O)C=C)SCSC(=O)C=C. The Morgan fingerprint density at radius 2 is 1.14 bits per heavy atom. The van der Waals surface area contributed by atoms with Crippen LogP contribution in [0.4, 0.5) is 0 Å². The molecule has 0 amide bonds. The predicted octanol–water partition coefficient (Wildman–Crippen LogP) is 4.03. The van der Waals surface area contributed by atoms with E-state index in [1.165, 1.54) is 53.5 Å². The molecule has 0 atom stereocenters. The van der Waals surface area contributed by atoms with Crippen molar-refractivity contribution in [3.8, 4) is 0 Å². The van der Waals surface area contributed by atoms with Crippen molar-refractivity contribution < 1.29 is 14.4 Å². The first kappa shape index (κ1) is 21.0. The number of rotatable bonds is 11. The number of thioether (sulfide) groups is 5. The van der Waals surface area contributed by atoms with Gasteiger partial charge >= 0.3 is 0 Å². The summed E-state index contributed by atoms with van der Waals surface area (Å²) < 4.78 is 0.120. The van der Waals surface area contributed by atoms with Gasteiger partial charge in [-0.1, -0.05) is 55.0 Å². The molecule has 8 heteroatoms. The fourth-order valence-corrected chi connectivity index (χ4v) is 6.71. The minimum absolute atomic E-state index is 0.0720. The third-order valence-electron chi connectivity index (χ3n) is 1.77. The summed E-state index contributed by atoms with van der Waals surface area (Å²) in [4.78, 5) is 33.5. The van der Waals surface area contributed by atoms with Crippen LogP contribution in [0.2, 0.25) is 0 Å². The molecule has 0 aromatic carbocycles. The van der Waals surface area contributed by atoms with Crippen molar-refractivity contribution in [2.24, 2.45) is 0 Å². The summed E-state index contributed by atoms with van der Waals surface area (Å²) in [7, 11) is 0. The molecule has 0 rings (SSSR count). The van der Waals surface area contributed by atoms with Gasteiger partial charge in [-0.3, -0.25) is 14.4 Å².